The highest BCUT2D eigenvalue weighted by Gasteiger charge is 2.54. The monoisotopic (exact) mass is 593 g/mol. The Hall–Kier alpha value is -3.78. The number of rotatable bonds is 5. The summed E-state index contributed by atoms with van der Waals surface area (Å²) in [5.74, 6) is -1.51. The standard InChI is InChI=1S/C27H30F3N5O5S/c1-15-10-16(12-17(11-15)33-22-31-8-6-19(34-22)27(28,29)30)18-13-32-20(41-18)26(39)7-9-35(23(38)40-24(2,3)4)25(5,14-26)21(36)37/h6,8,10-13,39H,7,9,14H2,1-5H3,(H,36,37)(H,31,33,34). The molecule has 0 radical (unpaired) electrons. The van der Waals surface area contributed by atoms with E-state index in [4.69, 9.17) is 4.74 Å². The zero-order valence-corrected chi connectivity index (χ0v) is 23.9. The molecular formula is C27H30F3N5O5S. The van der Waals surface area contributed by atoms with E-state index in [0.29, 0.717) is 16.1 Å². The number of nitrogens with zero attached hydrogens (tertiary/aromatic N) is 4. The van der Waals surface area contributed by atoms with Gasteiger partial charge in [0, 0.05) is 37.5 Å². The van der Waals surface area contributed by atoms with Crippen LogP contribution in [0.1, 0.15) is 56.8 Å². The molecule has 0 spiro atoms. The van der Waals surface area contributed by atoms with E-state index in [1.54, 1.807) is 32.9 Å². The maximum Gasteiger partial charge on any atom is 0.433 e. The summed E-state index contributed by atoms with van der Waals surface area (Å²) in [5, 5.41) is 24.7. The SMILES string of the molecule is Cc1cc(Nc2nccc(C(F)(F)F)n2)cc(-c2cnc(C3(O)CCN(C(=O)OC(C)(C)C)C(C)(C(=O)O)C3)s2)c1. The highest BCUT2D eigenvalue weighted by molar-refractivity contribution is 7.15. The molecule has 0 saturated carbocycles. The molecule has 1 aliphatic heterocycles. The quantitative estimate of drug-likeness (QED) is 0.338. The Morgan fingerprint density at radius 2 is 1.88 bits per heavy atom. The van der Waals surface area contributed by atoms with E-state index >= 15 is 0 Å². The van der Waals surface area contributed by atoms with Crippen molar-refractivity contribution in [3.8, 4) is 10.4 Å². The van der Waals surface area contributed by atoms with E-state index in [1.165, 1.54) is 13.1 Å². The highest BCUT2D eigenvalue weighted by Crippen LogP contribution is 2.44. The highest BCUT2D eigenvalue weighted by atomic mass is 32.1. The van der Waals surface area contributed by atoms with Crippen LogP contribution in [0, 0.1) is 6.92 Å². The predicted octanol–water partition coefficient (Wildman–Crippen LogP) is 5.73. The number of nitrogens with one attached hydrogen (secondary N) is 1. The van der Waals surface area contributed by atoms with Crippen molar-refractivity contribution in [3.05, 3.63) is 52.9 Å². The van der Waals surface area contributed by atoms with Crippen molar-refractivity contribution in [2.75, 3.05) is 11.9 Å². The molecule has 1 amide bonds. The van der Waals surface area contributed by atoms with Crippen molar-refractivity contribution in [1.82, 2.24) is 19.9 Å². The molecular weight excluding hydrogens is 563 g/mol. The summed E-state index contributed by atoms with van der Waals surface area (Å²) in [6, 6.07) is 6.02. The van der Waals surface area contributed by atoms with Gasteiger partial charge in [0.25, 0.3) is 0 Å². The Labute approximate surface area is 238 Å². The molecule has 0 bridgehead atoms. The fraction of sp³-hybridized carbons (Fsp3) is 0.444. The van der Waals surface area contributed by atoms with Crippen LogP contribution in [0.15, 0.2) is 36.7 Å². The number of piperidine rings is 1. The Morgan fingerprint density at radius 3 is 2.51 bits per heavy atom. The second-order valence-electron chi connectivity index (χ2n) is 11.2. The van der Waals surface area contributed by atoms with Gasteiger partial charge >= 0.3 is 18.2 Å². The molecule has 1 saturated heterocycles. The molecule has 1 aromatic carbocycles. The molecule has 3 aromatic rings. The zero-order chi connectivity index (χ0) is 30.4. The number of amides is 1. The van der Waals surface area contributed by atoms with Gasteiger partial charge in [-0.1, -0.05) is 6.07 Å². The number of carboxylic acids is 1. The minimum atomic E-state index is -4.61. The Bertz CT molecular complexity index is 1470. The first-order valence-electron chi connectivity index (χ1n) is 12.6. The number of aliphatic carboxylic acids is 1. The van der Waals surface area contributed by atoms with E-state index in [9.17, 15) is 33.0 Å². The summed E-state index contributed by atoms with van der Waals surface area (Å²) in [6.07, 6.45) is -3.12. The third kappa shape index (κ3) is 6.59. The summed E-state index contributed by atoms with van der Waals surface area (Å²) in [7, 11) is 0. The van der Waals surface area contributed by atoms with Crippen molar-refractivity contribution in [2.45, 2.75) is 70.4 Å². The lowest BCUT2D eigenvalue weighted by Crippen LogP contribution is -2.63. The van der Waals surface area contributed by atoms with Gasteiger partial charge in [-0.2, -0.15) is 13.2 Å². The lowest BCUT2D eigenvalue weighted by Gasteiger charge is -2.47. The van der Waals surface area contributed by atoms with E-state index in [-0.39, 0.29) is 30.3 Å². The van der Waals surface area contributed by atoms with Crippen LogP contribution < -0.4 is 5.32 Å². The van der Waals surface area contributed by atoms with Crippen molar-refractivity contribution in [1.29, 1.82) is 0 Å². The van der Waals surface area contributed by atoms with Crippen LogP contribution >= 0.6 is 11.3 Å². The number of carboxylic acid groups (broad SMARTS) is 1. The van der Waals surface area contributed by atoms with Crippen LogP contribution in [0.4, 0.5) is 29.6 Å². The molecule has 2 atom stereocenters. The van der Waals surface area contributed by atoms with Crippen LogP contribution in [-0.2, 0) is 21.3 Å². The number of thiazole rings is 1. The molecule has 3 heterocycles. The van der Waals surface area contributed by atoms with Gasteiger partial charge in [0.15, 0.2) is 0 Å². The first-order valence-corrected chi connectivity index (χ1v) is 13.4. The number of anilines is 2. The van der Waals surface area contributed by atoms with Gasteiger partial charge in [-0.15, -0.1) is 11.3 Å². The third-order valence-electron chi connectivity index (χ3n) is 6.52. The molecule has 10 nitrogen and oxygen atoms in total. The van der Waals surface area contributed by atoms with Crippen molar-refractivity contribution in [2.24, 2.45) is 0 Å². The maximum atomic E-state index is 13.1. The summed E-state index contributed by atoms with van der Waals surface area (Å²) in [5.41, 5.74) is -3.40. The number of carbonyl (C=O) groups excluding carboxylic acids is 1. The summed E-state index contributed by atoms with van der Waals surface area (Å²) >= 11 is 1.16. The Kier molecular flexibility index (Phi) is 7.78. The van der Waals surface area contributed by atoms with Crippen LogP contribution in [0.5, 0.6) is 0 Å². The number of aromatic nitrogens is 3. The minimum absolute atomic E-state index is 0.0373. The minimum Gasteiger partial charge on any atom is -0.480 e. The number of likely N-dealkylation sites (tertiary alicyclic amines) is 1. The van der Waals surface area contributed by atoms with Gasteiger partial charge in [-0.25, -0.2) is 24.5 Å². The largest absolute Gasteiger partial charge is 0.480 e. The van der Waals surface area contributed by atoms with Crippen LogP contribution in [-0.4, -0.2) is 59.8 Å². The van der Waals surface area contributed by atoms with Crippen LogP contribution in [0.25, 0.3) is 10.4 Å². The van der Waals surface area contributed by atoms with E-state index in [2.05, 4.69) is 20.3 Å². The van der Waals surface area contributed by atoms with Gasteiger partial charge in [-0.3, -0.25) is 4.90 Å². The smallest absolute Gasteiger partial charge is 0.433 e. The molecule has 41 heavy (non-hydrogen) atoms. The maximum absolute atomic E-state index is 13.1. The second kappa shape index (κ2) is 10.6. The number of halogens is 3. The topological polar surface area (TPSA) is 138 Å². The molecule has 220 valence electrons. The number of hydrogen-bond donors (Lipinski definition) is 3. The number of hydrogen-bond acceptors (Lipinski definition) is 9. The fourth-order valence-electron chi connectivity index (χ4n) is 4.61. The Morgan fingerprint density at radius 1 is 1.17 bits per heavy atom. The molecule has 4 rings (SSSR count). The van der Waals surface area contributed by atoms with Crippen LogP contribution in [0.2, 0.25) is 0 Å². The molecule has 2 unspecified atom stereocenters. The number of ether oxygens (including phenoxy) is 1. The third-order valence-corrected chi connectivity index (χ3v) is 7.76. The van der Waals surface area contributed by atoms with Crippen LogP contribution in [0.3, 0.4) is 0 Å². The van der Waals surface area contributed by atoms with Gasteiger partial charge < -0.3 is 20.3 Å². The Balaban J connectivity index is 1.59. The van der Waals surface area contributed by atoms with Gasteiger partial charge in [0.1, 0.15) is 27.4 Å². The first-order chi connectivity index (χ1) is 18.9. The van der Waals surface area contributed by atoms with E-state index in [0.717, 1.165) is 34.1 Å². The lowest BCUT2D eigenvalue weighted by molar-refractivity contribution is -0.162. The second-order valence-corrected chi connectivity index (χ2v) is 12.2. The normalized spacial score (nSPS) is 21.4. The number of benzene rings is 1. The van der Waals surface area contributed by atoms with Crippen molar-refractivity contribution in [3.63, 3.8) is 0 Å². The molecule has 14 heteroatoms. The number of aryl methyl sites for hydroxylation is 1. The van der Waals surface area contributed by atoms with Gasteiger partial charge in [0.2, 0.25) is 5.95 Å². The van der Waals surface area contributed by atoms with Gasteiger partial charge in [-0.05, 0) is 63.9 Å². The molecule has 3 N–H and O–H groups in total. The number of aliphatic hydroxyl groups is 1. The van der Waals surface area contributed by atoms with E-state index in [1.807, 2.05) is 13.0 Å². The first kappa shape index (κ1) is 30.2. The zero-order valence-electron chi connectivity index (χ0n) is 23.0. The summed E-state index contributed by atoms with van der Waals surface area (Å²) < 4.78 is 44.6. The van der Waals surface area contributed by atoms with Crippen molar-refractivity contribution < 1.29 is 37.7 Å². The molecule has 1 aliphatic rings. The number of carbonyl (C=O) groups is 2. The van der Waals surface area contributed by atoms with Crippen molar-refractivity contribution >= 4 is 35.0 Å². The predicted molar refractivity (Wildman–Crippen MR) is 145 cm³/mol. The van der Waals surface area contributed by atoms with E-state index < -0.39 is 40.7 Å². The number of alkyl halides is 3. The lowest BCUT2D eigenvalue weighted by atomic mass is 9.78. The fourth-order valence-corrected chi connectivity index (χ4v) is 5.63. The average molecular weight is 594 g/mol. The molecule has 1 fully saturated rings. The average Bonchev–Trinajstić information content (AvgIpc) is 3.34. The molecule has 0 aliphatic carbocycles. The molecule has 2 aromatic heterocycles. The summed E-state index contributed by atoms with van der Waals surface area (Å²) in [6.45, 7) is 8.14. The summed E-state index contributed by atoms with van der Waals surface area (Å²) in [4.78, 5) is 38.7. The van der Waals surface area contributed by atoms with Gasteiger partial charge in [0.05, 0.1) is 4.88 Å².